The molecule has 0 aromatic carbocycles. The maximum atomic E-state index is 11.6. The molecule has 1 atom stereocenters. The molecule has 18 heavy (non-hydrogen) atoms. The zero-order valence-corrected chi connectivity index (χ0v) is 9.44. The van der Waals surface area contributed by atoms with Gasteiger partial charge in [-0.3, -0.25) is 4.90 Å². The summed E-state index contributed by atoms with van der Waals surface area (Å²) in [5.74, 6) is 1.12. The Bertz CT molecular complexity index is 518. The second kappa shape index (κ2) is 4.22. The Morgan fingerprint density at radius 3 is 3.22 bits per heavy atom. The number of carbonyl (C=O) groups is 1. The Labute approximate surface area is 102 Å². The molecular weight excluding hydrogens is 238 g/mol. The summed E-state index contributed by atoms with van der Waals surface area (Å²) in [6.07, 6.45) is 2.27. The second-order valence-corrected chi connectivity index (χ2v) is 3.83. The van der Waals surface area contributed by atoms with Gasteiger partial charge in [-0.15, -0.1) is 0 Å². The van der Waals surface area contributed by atoms with Gasteiger partial charge in [0, 0.05) is 12.8 Å². The third-order valence-corrected chi connectivity index (χ3v) is 2.63. The number of anilines is 1. The quantitative estimate of drug-likeness (QED) is 0.782. The van der Waals surface area contributed by atoms with Gasteiger partial charge in [0.15, 0.2) is 5.82 Å². The molecule has 0 bridgehead atoms. The molecule has 3 heterocycles. The monoisotopic (exact) mass is 249 g/mol. The molecule has 1 aromatic heterocycles. The van der Waals surface area contributed by atoms with Crippen LogP contribution in [0.2, 0.25) is 0 Å². The van der Waals surface area contributed by atoms with Crippen molar-refractivity contribution in [3.63, 3.8) is 0 Å². The van der Waals surface area contributed by atoms with Crippen LogP contribution in [0, 0.1) is 0 Å². The molecule has 94 valence electrons. The Kier molecular flexibility index (Phi) is 2.56. The van der Waals surface area contributed by atoms with Crippen LogP contribution < -0.4 is 15.4 Å². The van der Waals surface area contributed by atoms with Gasteiger partial charge >= 0.3 is 6.09 Å². The lowest BCUT2D eigenvalue weighted by Crippen LogP contribution is -2.28. The largest absolute Gasteiger partial charge is 0.469 e. The Balaban J connectivity index is 1.89. The number of nitrogens with zero attached hydrogens (tertiary/aromatic N) is 4. The molecule has 0 saturated carbocycles. The standard InChI is InChI=1S/C10H11N5O3/c11-3-6-5-15(10(16)18-6)7-4-13-9-8(14-7)12-1-2-17-9/h1,4,6H,2-3,5,11H2/t6-/m0/s1. The molecule has 3 rings (SSSR count). The van der Waals surface area contributed by atoms with Crippen molar-refractivity contribution in [1.29, 1.82) is 0 Å². The number of cyclic esters (lactones) is 1. The van der Waals surface area contributed by atoms with Crippen LogP contribution in [0.5, 0.6) is 5.88 Å². The van der Waals surface area contributed by atoms with Crippen molar-refractivity contribution in [1.82, 2.24) is 9.97 Å². The highest BCUT2D eigenvalue weighted by Gasteiger charge is 2.33. The number of hydrogen-bond donors (Lipinski definition) is 1. The highest BCUT2D eigenvalue weighted by molar-refractivity contribution is 5.88. The van der Waals surface area contributed by atoms with Crippen LogP contribution in [0.1, 0.15) is 0 Å². The van der Waals surface area contributed by atoms with E-state index in [4.69, 9.17) is 15.2 Å². The predicted octanol–water partition coefficient (Wildman–Crippen LogP) is -0.145. The van der Waals surface area contributed by atoms with Crippen LogP contribution in [-0.2, 0) is 4.74 Å². The normalized spacial score (nSPS) is 21.5. The number of amides is 1. The predicted molar refractivity (Wildman–Crippen MR) is 62.3 cm³/mol. The fourth-order valence-electron chi connectivity index (χ4n) is 1.75. The molecule has 8 nitrogen and oxygen atoms in total. The fraction of sp³-hybridized carbons (Fsp3) is 0.400. The smallest absolute Gasteiger partial charge is 0.416 e. The van der Waals surface area contributed by atoms with E-state index in [9.17, 15) is 4.79 Å². The molecular formula is C10H11N5O3. The Morgan fingerprint density at radius 2 is 2.44 bits per heavy atom. The number of hydrogen-bond acceptors (Lipinski definition) is 7. The van der Waals surface area contributed by atoms with Crippen molar-refractivity contribution in [2.45, 2.75) is 6.10 Å². The molecule has 2 aliphatic rings. The van der Waals surface area contributed by atoms with E-state index in [2.05, 4.69) is 15.0 Å². The molecule has 1 saturated heterocycles. The van der Waals surface area contributed by atoms with Crippen LogP contribution in [0.15, 0.2) is 11.2 Å². The SMILES string of the molecule is NC[C@H]1CN(c2cnc3c(n2)N=CCO3)C(=O)O1. The summed E-state index contributed by atoms with van der Waals surface area (Å²) >= 11 is 0. The van der Waals surface area contributed by atoms with Crippen LogP contribution in [-0.4, -0.2) is 48.1 Å². The minimum atomic E-state index is -0.472. The summed E-state index contributed by atoms with van der Waals surface area (Å²) in [5, 5.41) is 0. The van der Waals surface area contributed by atoms with E-state index in [-0.39, 0.29) is 12.6 Å². The molecule has 1 fully saturated rings. The molecule has 1 amide bonds. The Morgan fingerprint density at radius 1 is 1.56 bits per heavy atom. The summed E-state index contributed by atoms with van der Waals surface area (Å²) in [4.78, 5) is 25.4. The van der Waals surface area contributed by atoms with Crippen molar-refractivity contribution < 1.29 is 14.3 Å². The van der Waals surface area contributed by atoms with Crippen LogP contribution in [0.3, 0.4) is 0 Å². The average Bonchev–Trinajstić information content (AvgIpc) is 2.79. The highest BCUT2D eigenvalue weighted by atomic mass is 16.6. The fourth-order valence-corrected chi connectivity index (χ4v) is 1.75. The zero-order chi connectivity index (χ0) is 12.5. The minimum Gasteiger partial charge on any atom is -0.469 e. The van der Waals surface area contributed by atoms with E-state index >= 15 is 0 Å². The lowest BCUT2D eigenvalue weighted by Gasteiger charge is -2.14. The second-order valence-electron chi connectivity index (χ2n) is 3.83. The lowest BCUT2D eigenvalue weighted by molar-refractivity contribution is 0.145. The maximum Gasteiger partial charge on any atom is 0.416 e. The van der Waals surface area contributed by atoms with E-state index in [1.54, 1.807) is 6.21 Å². The molecule has 0 radical (unpaired) electrons. The van der Waals surface area contributed by atoms with Crippen LogP contribution >= 0.6 is 0 Å². The maximum absolute atomic E-state index is 11.6. The van der Waals surface area contributed by atoms with Crippen molar-refractivity contribution in [2.24, 2.45) is 10.7 Å². The number of carbonyl (C=O) groups excluding carboxylic acids is 1. The summed E-state index contributed by atoms with van der Waals surface area (Å²) in [6.45, 7) is 1.03. The van der Waals surface area contributed by atoms with Crippen molar-refractivity contribution in [2.75, 3.05) is 24.6 Å². The van der Waals surface area contributed by atoms with E-state index in [1.807, 2.05) is 0 Å². The number of aromatic nitrogens is 2. The first-order valence-corrected chi connectivity index (χ1v) is 5.48. The molecule has 0 aliphatic carbocycles. The minimum absolute atomic E-state index is 0.280. The van der Waals surface area contributed by atoms with E-state index < -0.39 is 6.09 Å². The Hall–Kier alpha value is -2.22. The van der Waals surface area contributed by atoms with Gasteiger partial charge in [-0.2, -0.15) is 0 Å². The van der Waals surface area contributed by atoms with E-state index in [0.717, 1.165) is 0 Å². The summed E-state index contributed by atoms with van der Waals surface area (Å²) < 4.78 is 10.3. The first kappa shape index (κ1) is 10.9. The van der Waals surface area contributed by atoms with Gasteiger partial charge in [0.2, 0.25) is 5.82 Å². The third-order valence-electron chi connectivity index (χ3n) is 2.63. The molecule has 2 N–H and O–H groups in total. The van der Waals surface area contributed by atoms with Crippen molar-refractivity contribution in [3.8, 4) is 5.88 Å². The van der Waals surface area contributed by atoms with Gasteiger partial charge in [-0.05, 0) is 0 Å². The van der Waals surface area contributed by atoms with Crippen molar-refractivity contribution >= 4 is 23.9 Å². The molecule has 1 aromatic rings. The van der Waals surface area contributed by atoms with Gasteiger partial charge in [0.05, 0.1) is 12.7 Å². The zero-order valence-electron chi connectivity index (χ0n) is 9.44. The molecule has 0 unspecified atom stereocenters. The average molecular weight is 249 g/mol. The number of fused-ring (bicyclic) bond motifs is 1. The van der Waals surface area contributed by atoms with Crippen LogP contribution in [0.4, 0.5) is 16.4 Å². The van der Waals surface area contributed by atoms with Gasteiger partial charge in [0.1, 0.15) is 12.7 Å². The summed E-state index contributed by atoms with van der Waals surface area (Å²) in [6, 6.07) is 0. The van der Waals surface area contributed by atoms with Gasteiger partial charge < -0.3 is 15.2 Å². The lowest BCUT2D eigenvalue weighted by atomic mass is 10.3. The van der Waals surface area contributed by atoms with E-state index in [0.29, 0.717) is 30.7 Å². The molecule has 2 aliphatic heterocycles. The topological polar surface area (TPSA) is 103 Å². The van der Waals surface area contributed by atoms with E-state index in [1.165, 1.54) is 11.1 Å². The number of nitrogens with two attached hydrogens (primary N) is 1. The number of aliphatic imine (C=N–C) groups is 1. The summed E-state index contributed by atoms with van der Waals surface area (Å²) in [7, 11) is 0. The van der Waals surface area contributed by atoms with Crippen LogP contribution in [0.25, 0.3) is 0 Å². The molecule has 0 spiro atoms. The number of rotatable bonds is 2. The van der Waals surface area contributed by atoms with Gasteiger partial charge in [-0.25, -0.2) is 19.8 Å². The third kappa shape index (κ3) is 1.76. The van der Waals surface area contributed by atoms with Gasteiger partial charge in [-0.1, -0.05) is 0 Å². The van der Waals surface area contributed by atoms with Crippen molar-refractivity contribution in [3.05, 3.63) is 6.20 Å². The van der Waals surface area contributed by atoms with Gasteiger partial charge in [0.25, 0.3) is 5.88 Å². The highest BCUT2D eigenvalue weighted by Crippen LogP contribution is 2.28. The summed E-state index contributed by atoms with van der Waals surface area (Å²) in [5.41, 5.74) is 5.46. The first-order valence-electron chi connectivity index (χ1n) is 5.48. The first-order chi connectivity index (χ1) is 8.78. The molecule has 8 heteroatoms. The number of ether oxygens (including phenoxy) is 2.